The van der Waals surface area contributed by atoms with Crippen molar-refractivity contribution in [1.82, 2.24) is 20.1 Å². The van der Waals surface area contributed by atoms with E-state index in [0.717, 1.165) is 25.3 Å². The monoisotopic (exact) mass is 252 g/mol. The summed E-state index contributed by atoms with van der Waals surface area (Å²) in [5, 5.41) is 14.3. The summed E-state index contributed by atoms with van der Waals surface area (Å²) in [5.41, 5.74) is -0.0643. The van der Waals surface area contributed by atoms with Gasteiger partial charge in [-0.2, -0.15) is 10.1 Å². The molecule has 0 amide bonds. The van der Waals surface area contributed by atoms with Crippen LogP contribution in [0.5, 0.6) is 0 Å². The Labute approximate surface area is 109 Å². The lowest BCUT2D eigenvalue weighted by Gasteiger charge is -2.20. The summed E-state index contributed by atoms with van der Waals surface area (Å²) in [4.78, 5) is 6.52. The fourth-order valence-corrected chi connectivity index (χ4v) is 1.39. The van der Waals surface area contributed by atoms with Gasteiger partial charge in [-0.3, -0.25) is 0 Å². The van der Waals surface area contributed by atoms with Crippen molar-refractivity contribution in [3.63, 3.8) is 0 Å². The van der Waals surface area contributed by atoms with Gasteiger partial charge in [0.15, 0.2) is 5.82 Å². The molecule has 2 N–H and O–H groups in total. The first-order valence-electron chi connectivity index (χ1n) is 6.23. The third-order valence-electron chi connectivity index (χ3n) is 2.13. The van der Waals surface area contributed by atoms with Crippen LogP contribution in [0.15, 0.2) is 6.20 Å². The molecule has 0 aromatic carbocycles. The van der Waals surface area contributed by atoms with Gasteiger partial charge >= 0.3 is 0 Å². The van der Waals surface area contributed by atoms with Crippen molar-refractivity contribution in [2.75, 3.05) is 37.8 Å². The molecule has 0 aliphatic carbocycles. The Hall–Kier alpha value is -1.43. The van der Waals surface area contributed by atoms with Gasteiger partial charge in [0.2, 0.25) is 5.95 Å². The van der Waals surface area contributed by atoms with E-state index in [1.54, 1.807) is 6.20 Å². The molecule has 0 saturated carbocycles. The average Bonchev–Trinajstić information content (AvgIpc) is 2.22. The lowest BCUT2D eigenvalue weighted by atomic mass is 10.1. The van der Waals surface area contributed by atoms with Crippen LogP contribution in [0.3, 0.4) is 0 Å². The van der Waals surface area contributed by atoms with Gasteiger partial charge in [0.05, 0.1) is 6.20 Å². The number of hydrogen-bond donors (Lipinski definition) is 2. The maximum Gasteiger partial charge on any atom is 0.245 e. The normalized spacial score (nSPS) is 11.7. The lowest BCUT2D eigenvalue weighted by molar-refractivity contribution is 0.405. The summed E-state index contributed by atoms with van der Waals surface area (Å²) in [6.45, 7) is 8.12. The molecule has 6 heteroatoms. The molecule has 0 aliphatic rings. The molecule has 0 saturated heterocycles. The van der Waals surface area contributed by atoms with Gasteiger partial charge in [-0.1, -0.05) is 0 Å². The molecular formula is C12H24N6. The van der Waals surface area contributed by atoms with Crippen LogP contribution in [-0.4, -0.2) is 52.8 Å². The Balaban J connectivity index is 2.44. The van der Waals surface area contributed by atoms with E-state index >= 15 is 0 Å². The Kier molecular flexibility index (Phi) is 5.27. The summed E-state index contributed by atoms with van der Waals surface area (Å²) < 4.78 is 0. The molecule has 6 nitrogen and oxygen atoms in total. The second-order valence-electron chi connectivity index (χ2n) is 5.62. The topological polar surface area (TPSA) is 66.0 Å². The highest BCUT2D eigenvalue weighted by Crippen LogP contribution is 2.10. The van der Waals surface area contributed by atoms with Gasteiger partial charge in [-0.15, -0.1) is 5.10 Å². The molecule has 102 valence electrons. The quantitative estimate of drug-likeness (QED) is 0.747. The average molecular weight is 252 g/mol. The van der Waals surface area contributed by atoms with E-state index in [1.165, 1.54) is 0 Å². The van der Waals surface area contributed by atoms with Crippen molar-refractivity contribution >= 4 is 11.8 Å². The van der Waals surface area contributed by atoms with Crippen LogP contribution in [0, 0.1) is 0 Å². The molecule has 0 aliphatic heterocycles. The molecule has 1 aromatic rings. The Morgan fingerprint density at radius 2 is 2.00 bits per heavy atom. The highest BCUT2D eigenvalue weighted by molar-refractivity contribution is 5.37. The van der Waals surface area contributed by atoms with Crippen molar-refractivity contribution in [3.05, 3.63) is 6.20 Å². The largest absolute Gasteiger partial charge is 0.369 e. The van der Waals surface area contributed by atoms with Crippen LogP contribution in [-0.2, 0) is 0 Å². The Morgan fingerprint density at radius 1 is 1.28 bits per heavy atom. The van der Waals surface area contributed by atoms with Crippen molar-refractivity contribution in [2.45, 2.75) is 32.7 Å². The fraction of sp³-hybridized carbons (Fsp3) is 0.750. The number of nitrogens with one attached hydrogen (secondary N) is 2. The van der Waals surface area contributed by atoms with Crippen LogP contribution >= 0.6 is 0 Å². The van der Waals surface area contributed by atoms with Crippen LogP contribution < -0.4 is 10.6 Å². The van der Waals surface area contributed by atoms with Gasteiger partial charge in [0, 0.05) is 12.1 Å². The van der Waals surface area contributed by atoms with E-state index < -0.39 is 0 Å². The Morgan fingerprint density at radius 3 is 2.61 bits per heavy atom. The lowest BCUT2D eigenvalue weighted by Crippen LogP contribution is -2.27. The van der Waals surface area contributed by atoms with E-state index in [2.05, 4.69) is 65.6 Å². The second-order valence-corrected chi connectivity index (χ2v) is 5.62. The zero-order valence-corrected chi connectivity index (χ0v) is 12.0. The zero-order valence-electron chi connectivity index (χ0n) is 12.0. The minimum absolute atomic E-state index is 0.0643. The summed E-state index contributed by atoms with van der Waals surface area (Å²) in [6, 6.07) is 0. The summed E-state index contributed by atoms with van der Waals surface area (Å²) >= 11 is 0. The Bertz CT molecular complexity index is 358. The maximum absolute atomic E-state index is 4.37. The molecular weight excluding hydrogens is 228 g/mol. The van der Waals surface area contributed by atoms with Gasteiger partial charge in [-0.25, -0.2) is 0 Å². The van der Waals surface area contributed by atoms with Gasteiger partial charge in [0.25, 0.3) is 0 Å². The minimum atomic E-state index is -0.0643. The highest BCUT2D eigenvalue weighted by atomic mass is 15.3. The van der Waals surface area contributed by atoms with Crippen LogP contribution in [0.4, 0.5) is 11.8 Å². The van der Waals surface area contributed by atoms with Crippen LogP contribution in [0.25, 0.3) is 0 Å². The molecule has 0 fully saturated rings. The van der Waals surface area contributed by atoms with E-state index in [-0.39, 0.29) is 5.54 Å². The first-order valence-corrected chi connectivity index (χ1v) is 6.23. The summed E-state index contributed by atoms with van der Waals surface area (Å²) in [7, 11) is 4.13. The predicted octanol–water partition coefficient (Wildman–Crippen LogP) is 1.45. The summed E-state index contributed by atoms with van der Waals surface area (Å²) in [6.07, 6.45) is 2.71. The van der Waals surface area contributed by atoms with E-state index in [0.29, 0.717) is 5.95 Å². The maximum atomic E-state index is 4.37. The molecule has 0 radical (unpaired) electrons. The van der Waals surface area contributed by atoms with Gasteiger partial charge < -0.3 is 15.5 Å². The zero-order chi connectivity index (χ0) is 13.6. The predicted molar refractivity (Wildman–Crippen MR) is 74.9 cm³/mol. The standard InChI is InChI=1S/C12H24N6/c1-12(2,3)16-11-15-10(9-14-17-11)13-7-6-8-18(4)5/h9H,6-8H2,1-5H3,(H2,13,15,16,17). The van der Waals surface area contributed by atoms with E-state index in [9.17, 15) is 0 Å². The third-order valence-corrected chi connectivity index (χ3v) is 2.13. The molecule has 0 atom stereocenters. The van der Waals surface area contributed by atoms with Gasteiger partial charge in [-0.05, 0) is 47.8 Å². The third kappa shape index (κ3) is 6.34. The first-order chi connectivity index (χ1) is 8.37. The van der Waals surface area contributed by atoms with Crippen molar-refractivity contribution < 1.29 is 0 Å². The number of rotatable bonds is 6. The van der Waals surface area contributed by atoms with Crippen LogP contribution in [0.1, 0.15) is 27.2 Å². The number of aromatic nitrogens is 3. The summed E-state index contributed by atoms with van der Waals surface area (Å²) in [5.74, 6) is 1.32. The molecule has 0 bridgehead atoms. The van der Waals surface area contributed by atoms with E-state index in [1.807, 2.05) is 0 Å². The van der Waals surface area contributed by atoms with Crippen molar-refractivity contribution in [2.24, 2.45) is 0 Å². The SMILES string of the molecule is CN(C)CCCNc1cnnc(NC(C)(C)C)n1. The first kappa shape index (κ1) is 14.6. The number of anilines is 2. The number of nitrogens with zero attached hydrogens (tertiary/aromatic N) is 4. The van der Waals surface area contributed by atoms with Crippen LogP contribution in [0.2, 0.25) is 0 Å². The molecule has 1 aromatic heterocycles. The molecule has 0 unspecified atom stereocenters. The fourth-order valence-electron chi connectivity index (χ4n) is 1.39. The number of hydrogen-bond acceptors (Lipinski definition) is 6. The highest BCUT2D eigenvalue weighted by Gasteiger charge is 2.11. The minimum Gasteiger partial charge on any atom is -0.369 e. The van der Waals surface area contributed by atoms with Gasteiger partial charge in [0.1, 0.15) is 0 Å². The second kappa shape index (κ2) is 6.49. The molecule has 0 spiro atoms. The molecule has 1 heterocycles. The smallest absolute Gasteiger partial charge is 0.245 e. The van der Waals surface area contributed by atoms with E-state index in [4.69, 9.17) is 0 Å². The molecule has 18 heavy (non-hydrogen) atoms. The van der Waals surface area contributed by atoms with Crippen molar-refractivity contribution in [3.8, 4) is 0 Å². The molecule has 1 rings (SSSR count). The van der Waals surface area contributed by atoms with Crippen molar-refractivity contribution in [1.29, 1.82) is 0 Å².